The van der Waals surface area contributed by atoms with Crippen LogP contribution in [0.4, 0.5) is 4.39 Å². The third kappa shape index (κ3) is 5.28. The Bertz CT molecular complexity index is 587. The Morgan fingerprint density at radius 2 is 2.14 bits per heavy atom. The maximum atomic E-state index is 13.6. The molecule has 1 aliphatic rings. The first kappa shape index (κ1) is 16.2. The van der Waals surface area contributed by atoms with Crippen LogP contribution in [0.25, 0.3) is 0 Å². The van der Waals surface area contributed by atoms with Crippen molar-refractivity contribution in [2.45, 2.75) is 32.9 Å². The van der Waals surface area contributed by atoms with Gasteiger partial charge >= 0.3 is 0 Å². The van der Waals surface area contributed by atoms with Crippen molar-refractivity contribution in [3.63, 3.8) is 0 Å². The SMILES string of the molecule is CC(C)CNCc1cc(F)cc(OC2CCS(=O)(=O)C2)c1. The molecule has 0 aliphatic carbocycles. The van der Waals surface area contributed by atoms with E-state index < -0.39 is 9.84 Å². The molecule has 1 unspecified atom stereocenters. The Kier molecular flexibility index (Phi) is 5.22. The van der Waals surface area contributed by atoms with Gasteiger partial charge in [0.05, 0.1) is 11.5 Å². The molecule has 6 heteroatoms. The maximum absolute atomic E-state index is 13.6. The zero-order valence-electron chi connectivity index (χ0n) is 12.4. The van der Waals surface area contributed by atoms with Gasteiger partial charge in [-0.25, -0.2) is 12.8 Å². The highest BCUT2D eigenvalue weighted by Gasteiger charge is 2.29. The molecule has 0 spiro atoms. The number of hydrogen-bond acceptors (Lipinski definition) is 4. The first-order valence-electron chi connectivity index (χ1n) is 7.21. The van der Waals surface area contributed by atoms with Gasteiger partial charge in [-0.05, 0) is 36.6 Å². The summed E-state index contributed by atoms with van der Waals surface area (Å²) in [5.74, 6) is 0.728. The standard InChI is InChI=1S/C15H22FNO3S/c1-11(2)8-17-9-12-5-13(16)7-15(6-12)20-14-3-4-21(18,19)10-14/h5-7,11,14,17H,3-4,8-10H2,1-2H3. The molecule has 1 N–H and O–H groups in total. The van der Waals surface area contributed by atoms with Crippen molar-refractivity contribution >= 4 is 9.84 Å². The van der Waals surface area contributed by atoms with E-state index in [0.29, 0.717) is 24.6 Å². The fourth-order valence-electron chi connectivity index (χ4n) is 2.34. The molecule has 1 heterocycles. The van der Waals surface area contributed by atoms with E-state index in [1.807, 2.05) is 0 Å². The molecule has 0 saturated carbocycles. The number of hydrogen-bond donors (Lipinski definition) is 1. The molecular formula is C15H22FNO3S. The Labute approximate surface area is 125 Å². The number of halogens is 1. The molecule has 0 radical (unpaired) electrons. The van der Waals surface area contributed by atoms with E-state index in [1.165, 1.54) is 12.1 Å². The van der Waals surface area contributed by atoms with Gasteiger partial charge in [-0.15, -0.1) is 0 Å². The number of rotatable bonds is 6. The number of ether oxygens (including phenoxy) is 1. The Morgan fingerprint density at radius 1 is 1.38 bits per heavy atom. The molecule has 0 amide bonds. The van der Waals surface area contributed by atoms with Crippen molar-refractivity contribution < 1.29 is 17.5 Å². The van der Waals surface area contributed by atoms with Gasteiger partial charge in [0.1, 0.15) is 17.7 Å². The van der Waals surface area contributed by atoms with Crippen LogP contribution < -0.4 is 10.1 Å². The van der Waals surface area contributed by atoms with Crippen LogP contribution in [0, 0.1) is 11.7 Å². The van der Waals surface area contributed by atoms with E-state index in [9.17, 15) is 12.8 Å². The molecule has 1 aromatic rings. The molecule has 21 heavy (non-hydrogen) atoms. The number of benzene rings is 1. The second kappa shape index (κ2) is 6.75. The van der Waals surface area contributed by atoms with E-state index in [-0.39, 0.29) is 23.4 Å². The molecule has 1 aromatic carbocycles. The molecule has 1 saturated heterocycles. The zero-order chi connectivity index (χ0) is 15.5. The molecule has 1 atom stereocenters. The van der Waals surface area contributed by atoms with Gasteiger partial charge in [0, 0.05) is 12.6 Å². The molecule has 0 bridgehead atoms. The fraction of sp³-hybridized carbons (Fsp3) is 0.600. The first-order valence-corrected chi connectivity index (χ1v) is 9.03. The Balaban J connectivity index is 1.98. The summed E-state index contributed by atoms with van der Waals surface area (Å²) in [4.78, 5) is 0. The van der Waals surface area contributed by atoms with Gasteiger partial charge in [-0.1, -0.05) is 13.8 Å². The quantitative estimate of drug-likeness (QED) is 0.874. The lowest BCUT2D eigenvalue weighted by molar-refractivity contribution is 0.227. The Hall–Kier alpha value is -1.14. The number of sulfone groups is 1. The summed E-state index contributed by atoms with van der Waals surface area (Å²) in [5, 5.41) is 3.24. The fourth-order valence-corrected chi connectivity index (χ4v) is 3.93. The molecule has 1 aliphatic heterocycles. The van der Waals surface area contributed by atoms with E-state index in [0.717, 1.165) is 12.1 Å². The summed E-state index contributed by atoms with van der Waals surface area (Å²) in [6, 6.07) is 4.53. The van der Waals surface area contributed by atoms with Crippen LogP contribution in [-0.2, 0) is 16.4 Å². The van der Waals surface area contributed by atoms with Gasteiger partial charge in [0.25, 0.3) is 0 Å². The van der Waals surface area contributed by atoms with Crippen molar-refractivity contribution in [1.29, 1.82) is 0 Å². The van der Waals surface area contributed by atoms with Gasteiger partial charge < -0.3 is 10.1 Å². The van der Waals surface area contributed by atoms with Gasteiger partial charge in [0.15, 0.2) is 9.84 Å². The zero-order valence-corrected chi connectivity index (χ0v) is 13.2. The van der Waals surface area contributed by atoms with Crippen LogP contribution in [0.2, 0.25) is 0 Å². The summed E-state index contributed by atoms with van der Waals surface area (Å²) < 4.78 is 42.0. The summed E-state index contributed by atoms with van der Waals surface area (Å²) >= 11 is 0. The maximum Gasteiger partial charge on any atom is 0.154 e. The van der Waals surface area contributed by atoms with Crippen LogP contribution in [-0.4, -0.2) is 32.6 Å². The lowest BCUT2D eigenvalue weighted by Gasteiger charge is -2.14. The summed E-state index contributed by atoms with van der Waals surface area (Å²) in [6.07, 6.45) is 0.105. The Morgan fingerprint density at radius 3 is 2.76 bits per heavy atom. The topological polar surface area (TPSA) is 55.4 Å². The molecular weight excluding hydrogens is 293 g/mol. The van der Waals surface area contributed by atoms with Crippen LogP contribution in [0.1, 0.15) is 25.8 Å². The summed E-state index contributed by atoms with van der Waals surface area (Å²) in [7, 11) is -2.99. The minimum atomic E-state index is -2.99. The molecule has 1 fully saturated rings. The predicted molar refractivity (Wildman–Crippen MR) is 80.6 cm³/mol. The van der Waals surface area contributed by atoms with Crippen molar-refractivity contribution in [2.75, 3.05) is 18.1 Å². The highest BCUT2D eigenvalue weighted by Crippen LogP contribution is 2.22. The monoisotopic (exact) mass is 315 g/mol. The van der Waals surface area contributed by atoms with E-state index in [4.69, 9.17) is 4.74 Å². The lowest BCUT2D eigenvalue weighted by Crippen LogP contribution is -2.20. The highest BCUT2D eigenvalue weighted by atomic mass is 32.2. The first-order chi connectivity index (χ1) is 9.84. The second-order valence-electron chi connectivity index (χ2n) is 5.96. The highest BCUT2D eigenvalue weighted by molar-refractivity contribution is 7.91. The van der Waals surface area contributed by atoms with Gasteiger partial charge in [0.2, 0.25) is 0 Å². The molecule has 0 aromatic heterocycles. The average Bonchev–Trinajstić information content (AvgIpc) is 2.67. The second-order valence-corrected chi connectivity index (χ2v) is 8.19. The van der Waals surface area contributed by atoms with Crippen LogP contribution in [0.15, 0.2) is 18.2 Å². The number of nitrogens with one attached hydrogen (secondary N) is 1. The predicted octanol–water partition coefficient (Wildman–Crippen LogP) is 2.14. The van der Waals surface area contributed by atoms with Crippen LogP contribution >= 0.6 is 0 Å². The van der Waals surface area contributed by atoms with E-state index >= 15 is 0 Å². The minimum absolute atomic E-state index is 0.0183. The van der Waals surface area contributed by atoms with Gasteiger partial charge in [-0.3, -0.25) is 0 Å². The van der Waals surface area contributed by atoms with Crippen molar-refractivity contribution in [2.24, 2.45) is 5.92 Å². The smallest absolute Gasteiger partial charge is 0.154 e. The molecule has 118 valence electrons. The van der Waals surface area contributed by atoms with Crippen molar-refractivity contribution in [1.82, 2.24) is 5.32 Å². The van der Waals surface area contributed by atoms with E-state index in [1.54, 1.807) is 6.07 Å². The van der Waals surface area contributed by atoms with Crippen LogP contribution in [0.3, 0.4) is 0 Å². The summed E-state index contributed by atoms with van der Waals surface area (Å²) in [5.41, 5.74) is 0.798. The van der Waals surface area contributed by atoms with Crippen molar-refractivity contribution in [3.8, 4) is 5.75 Å². The third-order valence-corrected chi connectivity index (χ3v) is 5.04. The largest absolute Gasteiger partial charge is 0.489 e. The van der Waals surface area contributed by atoms with Crippen LogP contribution in [0.5, 0.6) is 5.75 Å². The molecule has 2 rings (SSSR count). The average molecular weight is 315 g/mol. The lowest BCUT2D eigenvalue weighted by atomic mass is 10.2. The van der Waals surface area contributed by atoms with Crippen molar-refractivity contribution in [3.05, 3.63) is 29.6 Å². The minimum Gasteiger partial charge on any atom is -0.489 e. The van der Waals surface area contributed by atoms with E-state index in [2.05, 4.69) is 19.2 Å². The normalized spacial score (nSPS) is 20.9. The summed E-state index contributed by atoms with van der Waals surface area (Å²) in [6.45, 7) is 5.63. The van der Waals surface area contributed by atoms with Gasteiger partial charge in [-0.2, -0.15) is 0 Å². The molecule has 4 nitrogen and oxygen atoms in total. The third-order valence-electron chi connectivity index (χ3n) is 3.31.